The summed E-state index contributed by atoms with van der Waals surface area (Å²) in [6.07, 6.45) is 73.9. The third-order valence-electron chi connectivity index (χ3n) is 15.4. The van der Waals surface area contributed by atoms with E-state index in [1.165, 1.54) is 270 Å². The van der Waals surface area contributed by atoms with Crippen LogP contribution in [0, 0.1) is 0 Å². The molecule has 1 amide bonds. The van der Waals surface area contributed by atoms with E-state index in [1.54, 1.807) is 0 Å². The molecule has 2 N–H and O–H groups in total. The Hall–Kier alpha value is -1.02. The van der Waals surface area contributed by atoms with Gasteiger partial charge in [-0.2, -0.15) is 0 Å². The maximum Gasteiger partial charge on any atom is 0.268 e. The molecule has 446 valence electrons. The number of nitrogens with one attached hydrogen (secondary N) is 1. The molecule has 0 aromatic carbocycles. The molecule has 0 radical (unpaired) electrons. The molecule has 0 rings (SSSR count). The summed E-state index contributed by atoms with van der Waals surface area (Å²) in [5.74, 6) is -0.159. The molecule has 0 saturated heterocycles. The van der Waals surface area contributed by atoms with E-state index < -0.39 is 20.0 Å². The first-order chi connectivity index (χ1) is 36.5. The highest BCUT2D eigenvalue weighted by molar-refractivity contribution is 7.45. The highest BCUT2D eigenvalue weighted by Crippen LogP contribution is 2.38. The molecule has 8 nitrogen and oxygen atoms in total. The highest BCUT2D eigenvalue weighted by Gasteiger charge is 2.24. The summed E-state index contributed by atoms with van der Waals surface area (Å²) in [4.78, 5) is 25.6. The van der Waals surface area contributed by atoms with Crippen LogP contribution in [0.2, 0.25) is 0 Å². The van der Waals surface area contributed by atoms with E-state index >= 15 is 0 Å². The predicted octanol–water partition coefficient (Wildman–Crippen LogP) is 20.1. The van der Waals surface area contributed by atoms with Crippen LogP contribution in [0.3, 0.4) is 0 Å². The van der Waals surface area contributed by atoms with E-state index in [-0.39, 0.29) is 19.1 Å². The van der Waals surface area contributed by atoms with Crippen molar-refractivity contribution in [1.29, 1.82) is 0 Å². The maximum absolute atomic E-state index is 13.0. The number of unbranched alkanes of at least 4 members (excludes halogenated alkanes) is 45. The largest absolute Gasteiger partial charge is 0.756 e. The topological polar surface area (TPSA) is 108 Å². The van der Waals surface area contributed by atoms with Crippen LogP contribution in [0.15, 0.2) is 24.3 Å². The van der Waals surface area contributed by atoms with Crippen molar-refractivity contribution in [3.05, 3.63) is 24.3 Å². The third-order valence-corrected chi connectivity index (χ3v) is 16.4. The van der Waals surface area contributed by atoms with Gasteiger partial charge in [-0.25, -0.2) is 0 Å². The summed E-state index contributed by atoms with van der Waals surface area (Å²) in [6.45, 7) is 4.77. The summed E-state index contributed by atoms with van der Waals surface area (Å²) in [6, 6.07) is -0.799. The van der Waals surface area contributed by atoms with Gasteiger partial charge in [0.1, 0.15) is 13.2 Å². The van der Waals surface area contributed by atoms with Crippen LogP contribution in [-0.2, 0) is 18.4 Å². The van der Waals surface area contributed by atoms with E-state index in [9.17, 15) is 19.4 Å². The van der Waals surface area contributed by atoms with Gasteiger partial charge < -0.3 is 28.8 Å². The molecule has 9 heteroatoms. The van der Waals surface area contributed by atoms with Crippen molar-refractivity contribution < 1.29 is 32.9 Å². The minimum Gasteiger partial charge on any atom is -0.756 e. The molecule has 0 aromatic heterocycles. The average Bonchev–Trinajstić information content (AvgIpc) is 3.37. The zero-order valence-corrected chi connectivity index (χ0v) is 51.9. The first-order valence-electron chi connectivity index (χ1n) is 33.2. The van der Waals surface area contributed by atoms with Gasteiger partial charge in [0.05, 0.1) is 39.9 Å². The van der Waals surface area contributed by atoms with Gasteiger partial charge in [-0.3, -0.25) is 9.36 Å². The number of amides is 1. The molecule has 0 aliphatic rings. The van der Waals surface area contributed by atoms with E-state index in [0.717, 1.165) is 44.9 Å². The van der Waals surface area contributed by atoms with Gasteiger partial charge in [0, 0.05) is 6.42 Å². The summed E-state index contributed by atoms with van der Waals surface area (Å²) in [7, 11) is 1.32. The number of phosphoric acid groups is 1. The minimum atomic E-state index is -4.57. The monoisotopic (exact) mass is 1080 g/mol. The zero-order chi connectivity index (χ0) is 54.9. The second-order valence-electron chi connectivity index (χ2n) is 24.2. The normalized spacial score (nSPS) is 13.9. The van der Waals surface area contributed by atoms with Crippen molar-refractivity contribution in [2.24, 2.45) is 0 Å². The predicted molar refractivity (Wildman–Crippen MR) is 325 cm³/mol. The highest BCUT2D eigenvalue weighted by atomic mass is 31.2. The lowest BCUT2D eigenvalue weighted by molar-refractivity contribution is -0.870. The SMILES string of the molecule is CCCCCCCCCCCCCCC/C=C\C/C=C\CCCCCCCCCCCCCCCCCCCC(=O)NC(COP(=O)([O-])OCC[N+](C)(C)C)C(O)CCCCCCCCCCCCCCCCCC. The number of hydrogen-bond donors (Lipinski definition) is 2. The van der Waals surface area contributed by atoms with Crippen molar-refractivity contribution in [3.63, 3.8) is 0 Å². The fourth-order valence-corrected chi connectivity index (χ4v) is 11.0. The molecule has 3 unspecified atom stereocenters. The number of carbonyl (C=O) groups excluding carboxylic acids is 1. The second kappa shape index (κ2) is 57.7. The fourth-order valence-electron chi connectivity index (χ4n) is 10.3. The van der Waals surface area contributed by atoms with E-state index in [1.807, 2.05) is 21.1 Å². The van der Waals surface area contributed by atoms with Crippen LogP contribution in [-0.4, -0.2) is 68.5 Å². The molecule has 3 atom stereocenters. The van der Waals surface area contributed by atoms with Gasteiger partial charge in [-0.15, -0.1) is 0 Å². The van der Waals surface area contributed by atoms with Crippen molar-refractivity contribution in [1.82, 2.24) is 5.32 Å². The summed E-state index contributed by atoms with van der Waals surface area (Å²) < 4.78 is 23.5. The molecular formula is C66H131N2O6P. The fraction of sp³-hybridized carbons (Fsp3) is 0.924. The van der Waals surface area contributed by atoms with Crippen molar-refractivity contribution in [2.75, 3.05) is 40.9 Å². The first-order valence-corrected chi connectivity index (χ1v) is 34.6. The molecule has 0 bridgehead atoms. The number of aliphatic hydroxyl groups is 1. The Labute approximate surface area is 468 Å². The Morgan fingerprint density at radius 2 is 0.773 bits per heavy atom. The number of quaternary nitrogens is 1. The maximum atomic E-state index is 13.0. The number of likely N-dealkylation sites (N-methyl/N-ethyl adjacent to an activating group) is 1. The van der Waals surface area contributed by atoms with Crippen LogP contribution >= 0.6 is 7.82 Å². The number of rotatable bonds is 62. The van der Waals surface area contributed by atoms with Gasteiger partial charge in [-0.05, 0) is 44.9 Å². The average molecular weight is 1080 g/mol. The number of nitrogens with zero attached hydrogens (tertiary/aromatic N) is 1. The van der Waals surface area contributed by atoms with Gasteiger partial charge in [0.25, 0.3) is 7.82 Å². The molecule has 0 aliphatic carbocycles. The number of aliphatic hydroxyl groups excluding tert-OH is 1. The lowest BCUT2D eigenvalue weighted by atomic mass is 10.0. The molecule has 0 aromatic rings. The lowest BCUT2D eigenvalue weighted by Crippen LogP contribution is -2.46. The van der Waals surface area contributed by atoms with Crippen molar-refractivity contribution >= 4 is 13.7 Å². The van der Waals surface area contributed by atoms with Gasteiger partial charge in [-0.1, -0.05) is 314 Å². The standard InChI is InChI=1S/C66H131N2O6P/c1-6-8-10-12-14-16-18-20-22-24-25-26-27-28-29-30-31-32-33-34-35-36-37-38-39-40-41-42-43-44-46-48-50-52-54-56-58-60-66(70)67-64(63-74-75(71,72)73-62-61-68(3,4)5)65(69)59-57-55-53-51-49-47-45-23-21-19-17-15-13-11-9-7-2/h29-30,32-33,64-65,69H,6-28,31,34-63H2,1-5H3,(H-,67,70,71,72)/b30-29-,33-32-. The summed E-state index contributed by atoms with van der Waals surface area (Å²) in [5, 5.41) is 14.0. The summed E-state index contributed by atoms with van der Waals surface area (Å²) >= 11 is 0. The Morgan fingerprint density at radius 1 is 0.467 bits per heavy atom. The number of phosphoric ester groups is 1. The zero-order valence-electron chi connectivity index (χ0n) is 51.0. The van der Waals surface area contributed by atoms with Crippen molar-refractivity contribution in [2.45, 2.75) is 353 Å². The molecule has 0 spiro atoms. The molecule has 75 heavy (non-hydrogen) atoms. The Bertz CT molecular complexity index is 1270. The quantitative estimate of drug-likeness (QED) is 0.0272. The van der Waals surface area contributed by atoms with Gasteiger partial charge in [0.2, 0.25) is 5.91 Å². The third kappa shape index (κ3) is 60.5. The van der Waals surface area contributed by atoms with E-state index in [4.69, 9.17) is 9.05 Å². The number of allylic oxidation sites excluding steroid dienone is 4. The second-order valence-corrected chi connectivity index (χ2v) is 25.6. The molecule has 0 saturated carbocycles. The van der Waals surface area contributed by atoms with Crippen LogP contribution in [0.4, 0.5) is 0 Å². The van der Waals surface area contributed by atoms with Crippen LogP contribution < -0.4 is 10.2 Å². The van der Waals surface area contributed by atoms with Crippen molar-refractivity contribution in [3.8, 4) is 0 Å². The molecule has 0 fully saturated rings. The van der Waals surface area contributed by atoms with E-state index in [0.29, 0.717) is 23.9 Å². The first kappa shape index (κ1) is 74.0. The minimum absolute atomic E-state index is 0.0144. The van der Waals surface area contributed by atoms with Crippen LogP contribution in [0.1, 0.15) is 341 Å². The Balaban J connectivity index is 3.92. The van der Waals surface area contributed by atoms with Gasteiger partial charge in [0.15, 0.2) is 0 Å². The number of carbonyl (C=O) groups is 1. The smallest absolute Gasteiger partial charge is 0.268 e. The Kier molecular flexibility index (Phi) is 56.9. The molecular weight excluding hydrogens is 948 g/mol. The summed E-state index contributed by atoms with van der Waals surface area (Å²) in [5.41, 5.74) is 0. The molecule has 0 heterocycles. The van der Waals surface area contributed by atoms with Crippen LogP contribution in [0.5, 0.6) is 0 Å². The Morgan fingerprint density at radius 3 is 1.11 bits per heavy atom. The lowest BCUT2D eigenvalue weighted by Gasteiger charge is -2.30. The number of hydrogen-bond acceptors (Lipinski definition) is 6. The van der Waals surface area contributed by atoms with E-state index in [2.05, 4.69) is 43.5 Å². The van der Waals surface area contributed by atoms with Gasteiger partial charge >= 0.3 is 0 Å². The molecule has 0 aliphatic heterocycles. The van der Waals surface area contributed by atoms with Crippen LogP contribution in [0.25, 0.3) is 0 Å².